The quantitative estimate of drug-likeness (QED) is 0.120. The maximum absolute atomic E-state index is 13.8. The number of piperidine rings is 1. The van der Waals surface area contributed by atoms with Crippen LogP contribution in [0.4, 0.5) is 13.2 Å². The predicted octanol–water partition coefficient (Wildman–Crippen LogP) is 6.01. The molecular weight excluding hydrogens is 589 g/mol. The smallest absolute Gasteiger partial charge is 0.452 e. The number of amides is 1. The number of hydrogen-bond acceptors (Lipinski definition) is 6. The Kier molecular flexibility index (Phi) is 9.04. The molecule has 0 bridgehead atoms. The lowest BCUT2D eigenvalue weighted by molar-refractivity contribution is -0.950. The van der Waals surface area contributed by atoms with Gasteiger partial charge in [-0.25, -0.2) is 0 Å². The Bertz CT molecular complexity index is 1460. The molecule has 3 fully saturated rings. The van der Waals surface area contributed by atoms with Crippen LogP contribution in [0.2, 0.25) is 0 Å². The number of carbonyl (C=O) groups is 3. The summed E-state index contributed by atoms with van der Waals surface area (Å²) >= 11 is 0. The number of quaternary nitrogens is 1. The molecule has 2 aliphatic carbocycles. The van der Waals surface area contributed by atoms with Crippen LogP contribution in [0.15, 0.2) is 60.4 Å². The number of esters is 2. The average molecular weight is 630 g/mol. The van der Waals surface area contributed by atoms with Crippen LogP contribution in [0.5, 0.6) is 5.75 Å². The number of likely N-dealkylation sites (tertiary alicyclic amines) is 1. The Morgan fingerprint density at radius 1 is 1.00 bits per heavy atom. The summed E-state index contributed by atoms with van der Waals surface area (Å²) in [6, 6.07) is 15.3. The normalized spacial score (nSPS) is 28.4. The van der Waals surface area contributed by atoms with Gasteiger partial charge in [0.2, 0.25) is 0 Å². The van der Waals surface area contributed by atoms with Gasteiger partial charge in [-0.05, 0) is 61.4 Å². The number of ether oxygens (including phenoxy) is 3. The van der Waals surface area contributed by atoms with Gasteiger partial charge in [-0.1, -0.05) is 48.9 Å². The number of halogens is 3. The highest BCUT2D eigenvalue weighted by atomic mass is 19.4. The first kappa shape index (κ1) is 32.5. The molecule has 0 aromatic heterocycles. The van der Waals surface area contributed by atoms with Gasteiger partial charge < -0.3 is 18.7 Å². The fourth-order valence-corrected chi connectivity index (χ4v) is 7.55. The molecule has 8 nitrogen and oxygen atoms in total. The van der Waals surface area contributed by atoms with Crippen molar-refractivity contribution in [3.63, 3.8) is 0 Å². The number of benzene rings is 2. The van der Waals surface area contributed by atoms with Gasteiger partial charge in [0.1, 0.15) is 12.3 Å². The number of nitrogens with one attached hydrogen (secondary N) is 1. The minimum Gasteiger partial charge on any atom is -0.452 e. The van der Waals surface area contributed by atoms with Gasteiger partial charge >= 0.3 is 18.3 Å². The number of fused-ring (bicyclic) bond motifs is 1. The van der Waals surface area contributed by atoms with E-state index in [4.69, 9.17) is 9.47 Å². The van der Waals surface area contributed by atoms with Gasteiger partial charge in [-0.15, -0.1) is 13.2 Å². The molecule has 1 aliphatic heterocycles. The second-order valence-corrected chi connectivity index (χ2v) is 12.9. The summed E-state index contributed by atoms with van der Waals surface area (Å²) < 4.78 is 57.0. The molecule has 4 atom stereocenters. The molecule has 2 saturated carbocycles. The molecule has 5 rings (SSSR count). The van der Waals surface area contributed by atoms with Gasteiger partial charge in [0, 0.05) is 31.6 Å². The molecule has 2 unspecified atom stereocenters. The monoisotopic (exact) mass is 629 g/mol. The van der Waals surface area contributed by atoms with E-state index in [9.17, 15) is 27.6 Å². The molecule has 1 N–H and O–H groups in total. The van der Waals surface area contributed by atoms with Gasteiger partial charge in [-0.3, -0.25) is 19.7 Å². The second kappa shape index (κ2) is 12.5. The number of nitrogens with zero attached hydrogens (tertiary/aromatic N) is 1. The van der Waals surface area contributed by atoms with Crippen molar-refractivity contribution < 1.29 is 46.2 Å². The molecular formula is C34H40F3N2O6+. The van der Waals surface area contributed by atoms with Gasteiger partial charge in [-0.2, -0.15) is 0 Å². The van der Waals surface area contributed by atoms with Crippen LogP contribution in [0.3, 0.4) is 0 Å². The van der Waals surface area contributed by atoms with E-state index < -0.39 is 47.1 Å². The second-order valence-electron chi connectivity index (χ2n) is 12.9. The van der Waals surface area contributed by atoms with Gasteiger partial charge in [0.15, 0.2) is 17.5 Å². The van der Waals surface area contributed by atoms with Crippen LogP contribution >= 0.6 is 0 Å². The molecule has 45 heavy (non-hydrogen) atoms. The first-order valence-corrected chi connectivity index (χ1v) is 15.4. The van der Waals surface area contributed by atoms with E-state index in [0.29, 0.717) is 43.2 Å². The van der Waals surface area contributed by atoms with E-state index in [1.807, 2.05) is 13.1 Å². The van der Waals surface area contributed by atoms with Crippen LogP contribution in [0.25, 0.3) is 6.08 Å². The molecule has 2 aromatic rings. The molecule has 11 heteroatoms. The predicted molar refractivity (Wildman–Crippen MR) is 159 cm³/mol. The Balaban J connectivity index is 1.59. The summed E-state index contributed by atoms with van der Waals surface area (Å²) in [5, 5.41) is 2.94. The first-order valence-electron chi connectivity index (χ1n) is 15.4. The third-order valence-corrected chi connectivity index (χ3v) is 9.42. The Labute approximate surface area is 261 Å². The van der Waals surface area contributed by atoms with Crippen LogP contribution < -0.4 is 10.1 Å². The standard InChI is InChI=1S/C34H39F3N2O6/c1-23(40)43-28-13-9-12-27(19-28)32-16-7-8-17-33(32,44-24(2)41)22-39(3,21-26-14-15-26)30(20-32)38-31(42)29(45-34(35,36)37)18-25-10-5-4-6-11-25/h4-6,9-13,18-19,26,30H,7-8,14-17,20-22H2,1-3H3/p+1/t30-,32?,33?,39+/m0/s1. The molecule has 2 aromatic carbocycles. The van der Waals surface area contributed by atoms with E-state index in [1.165, 1.54) is 13.8 Å². The lowest BCUT2D eigenvalue weighted by Crippen LogP contribution is -2.77. The van der Waals surface area contributed by atoms with E-state index in [1.54, 1.807) is 48.5 Å². The number of likely N-dealkylation sites (N-methyl/N-ethyl adjacent to an activating group) is 1. The van der Waals surface area contributed by atoms with Crippen molar-refractivity contribution in [3.8, 4) is 5.75 Å². The lowest BCUT2D eigenvalue weighted by atomic mass is 9.55. The average Bonchev–Trinajstić information content (AvgIpc) is 3.76. The zero-order valence-electron chi connectivity index (χ0n) is 25.8. The fraction of sp³-hybridized carbons (Fsp3) is 0.500. The summed E-state index contributed by atoms with van der Waals surface area (Å²) in [4.78, 5) is 38.3. The third kappa shape index (κ3) is 7.35. The maximum atomic E-state index is 13.8. The highest BCUT2D eigenvalue weighted by molar-refractivity contribution is 5.96. The number of carbonyl (C=O) groups excluding carboxylic acids is 3. The van der Waals surface area contributed by atoms with E-state index in [2.05, 4.69) is 10.1 Å². The summed E-state index contributed by atoms with van der Waals surface area (Å²) in [5.74, 6) is -2.03. The molecule has 1 heterocycles. The summed E-state index contributed by atoms with van der Waals surface area (Å²) in [7, 11) is 1.98. The first-order chi connectivity index (χ1) is 21.2. The largest absolute Gasteiger partial charge is 0.573 e. The molecule has 0 spiro atoms. The summed E-state index contributed by atoms with van der Waals surface area (Å²) in [6.45, 7) is 3.71. The van der Waals surface area contributed by atoms with Crippen molar-refractivity contribution in [2.24, 2.45) is 5.92 Å². The number of hydrogen-bond donors (Lipinski definition) is 1. The van der Waals surface area contributed by atoms with Gasteiger partial charge in [0.05, 0.1) is 13.6 Å². The Hall–Kier alpha value is -3.86. The fourth-order valence-electron chi connectivity index (χ4n) is 7.55. The lowest BCUT2D eigenvalue weighted by Gasteiger charge is -2.62. The van der Waals surface area contributed by atoms with Crippen LogP contribution in [-0.4, -0.2) is 60.6 Å². The number of rotatable bonds is 9. The minimum atomic E-state index is -5.08. The minimum absolute atomic E-state index is 0.277. The van der Waals surface area contributed by atoms with Gasteiger partial charge in [0.25, 0.3) is 5.91 Å². The zero-order valence-corrected chi connectivity index (χ0v) is 25.8. The Morgan fingerprint density at radius 3 is 2.36 bits per heavy atom. The third-order valence-electron chi connectivity index (χ3n) is 9.42. The molecule has 1 saturated heterocycles. The molecule has 1 amide bonds. The van der Waals surface area contributed by atoms with Crippen LogP contribution in [0, 0.1) is 5.92 Å². The van der Waals surface area contributed by atoms with Crippen molar-refractivity contribution in [2.75, 3.05) is 20.1 Å². The van der Waals surface area contributed by atoms with E-state index in [-0.39, 0.29) is 10.9 Å². The van der Waals surface area contributed by atoms with Crippen LogP contribution in [0.1, 0.15) is 69.9 Å². The SMILES string of the molecule is CC(=O)Oc1cccc(C23CCCCC2(OC(C)=O)C[N@@+](C)(CC2CC2)[C@H](NC(=O)C(=Cc2ccccc2)OC(F)(F)F)C3)c1. The van der Waals surface area contributed by atoms with Crippen molar-refractivity contribution in [1.82, 2.24) is 5.32 Å². The molecule has 0 radical (unpaired) electrons. The highest BCUT2D eigenvalue weighted by Crippen LogP contribution is 2.57. The van der Waals surface area contributed by atoms with E-state index >= 15 is 0 Å². The number of alkyl halides is 3. The maximum Gasteiger partial charge on any atom is 0.573 e. The van der Waals surface area contributed by atoms with Crippen molar-refractivity contribution in [2.45, 2.75) is 82.3 Å². The van der Waals surface area contributed by atoms with E-state index in [0.717, 1.165) is 37.3 Å². The highest BCUT2D eigenvalue weighted by Gasteiger charge is 2.66. The zero-order chi connectivity index (χ0) is 32.5. The Morgan fingerprint density at radius 2 is 1.71 bits per heavy atom. The molecule has 3 aliphatic rings. The topological polar surface area (TPSA) is 90.9 Å². The molecule has 242 valence electrons. The van der Waals surface area contributed by atoms with Crippen molar-refractivity contribution in [3.05, 3.63) is 71.5 Å². The summed E-state index contributed by atoms with van der Waals surface area (Å²) in [5.41, 5.74) is -0.612. The van der Waals surface area contributed by atoms with Crippen molar-refractivity contribution >= 4 is 23.9 Å². The van der Waals surface area contributed by atoms with Crippen molar-refractivity contribution in [1.29, 1.82) is 0 Å². The summed E-state index contributed by atoms with van der Waals surface area (Å²) in [6.07, 6.45) is 0.485. The van der Waals surface area contributed by atoms with Crippen LogP contribution in [-0.2, 0) is 29.3 Å².